The van der Waals surface area contributed by atoms with Crippen molar-refractivity contribution in [3.05, 3.63) is 64.7 Å². The van der Waals surface area contributed by atoms with E-state index in [4.69, 9.17) is 11.6 Å². The highest BCUT2D eigenvalue weighted by molar-refractivity contribution is 6.31. The van der Waals surface area contributed by atoms with Gasteiger partial charge in [-0.3, -0.25) is 9.59 Å². The summed E-state index contributed by atoms with van der Waals surface area (Å²) < 4.78 is 0. The van der Waals surface area contributed by atoms with Gasteiger partial charge in [-0.15, -0.1) is 0 Å². The van der Waals surface area contributed by atoms with Crippen molar-refractivity contribution in [1.82, 2.24) is 10.6 Å². The molecule has 0 fully saturated rings. The summed E-state index contributed by atoms with van der Waals surface area (Å²) in [6.07, 6.45) is 0. The summed E-state index contributed by atoms with van der Waals surface area (Å²) in [7, 11) is 0. The van der Waals surface area contributed by atoms with Crippen molar-refractivity contribution in [2.24, 2.45) is 0 Å². The SMILES string of the molecule is CC(C)(C)NC(=O)c1cccc(NCC(=O)NCc2ccccc2Cl)c1. The molecule has 2 aromatic carbocycles. The van der Waals surface area contributed by atoms with Crippen molar-refractivity contribution in [2.75, 3.05) is 11.9 Å². The van der Waals surface area contributed by atoms with E-state index in [1.165, 1.54) is 0 Å². The van der Waals surface area contributed by atoms with E-state index in [1.54, 1.807) is 24.3 Å². The number of amides is 2. The average Bonchev–Trinajstić information content (AvgIpc) is 2.58. The second-order valence-electron chi connectivity index (χ2n) is 7.01. The second kappa shape index (κ2) is 8.72. The van der Waals surface area contributed by atoms with Gasteiger partial charge in [-0.1, -0.05) is 35.9 Å². The van der Waals surface area contributed by atoms with E-state index in [0.29, 0.717) is 22.8 Å². The Bertz CT molecular complexity index is 785. The van der Waals surface area contributed by atoms with Crippen LogP contribution in [0.15, 0.2) is 48.5 Å². The van der Waals surface area contributed by atoms with Crippen molar-refractivity contribution < 1.29 is 9.59 Å². The van der Waals surface area contributed by atoms with Gasteiger partial charge in [0.25, 0.3) is 5.91 Å². The molecule has 0 bridgehead atoms. The third-order valence-electron chi connectivity index (χ3n) is 3.50. The quantitative estimate of drug-likeness (QED) is 0.724. The molecule has 0 aliphatic heterocycles. The Hall–Kier alpha value is -2.53. The van der Waals surface area contributed by atoms with Crippen LogP contribution in [0.4, 0.5) is 5.69 Å². The van der Waals surface area contributed by atoms with E-state index in [9.17, 15) is 9.59 Å². The predicted molar refractivity (Wildman–Crippen MR) is 105 cm³/mol. The van der Waals surface area contributed by atoms with Crippen molar-refractivity contribution in [1.29, 1.82) is 0 Å². The molecule has 2 amide bonds. The number of carbonyl (C=O) groups is 2. The number of nitrogens with one attached hydrogen (secondary N) is 3. The predicted octanol–water partition coefficient (Wildman–Crippen LogP) is 3.60. The molecule has 6 heteroatoms. The average molecular weight is 374 g/mol. The van der Waals surface area contributed by atoms with Crippen LogP contribution in [0.2, 0.25) is 5.02 Å². The van der Waals surface area contributed by atoms with E-state index in [-0.39, 0.29) is 23.9 Å². The highest BCUT2D eigenvalue weighted by Crippen LogP contribution is 2.14. The number of halogens is 1. The lowest BCUT2D eigenvalue weighted by Gasteiger charge is -2.20. The van der Waals surface area contributed by atoms with Gasteiger partial charge < -0.3 is 16.0 Å². The first-order valence-electron chi connectivity index (χ1n) is 8.41. The van der Waals surface area contributed by atoms with Crippen LogP contribution in [0.3, 0.4) is 0 Å². The molecule has 0 saturated heterocycles. The number of carbonyl (C=O) groups excluding carboxylic acids is 2. The van der Waals surface area contributed by atoms with Crippen LogP contribution in [-0.4, -0.2) is 23.9 Å². The Morgan fingerprint density at radius 2 is 1.77 bits per heavy atom. The maximum Gasteiger partial charge on any atom is 0.251 e. The monoisotopic (exact) mass is 373 g/mol. The molecule has 26 heavy (non-hydrogen) atoms. The Labute approximate surface area is 159 Å². The lowest BCUT2D eigenvalue weighted by molar-refractivity contribution is -0.119. The Kier molecular flexibility index (Phi) is 6.64. The third-order valence-corrected chi connectivity index (χ3v) is 3.87. The summed E-state index contributed by atoms with van der Waals surface area (Å²) >= 11 is 6.07. The van der Waals surface area contributed by atoms with Crippen molar-refractivity contribution in [3.8, 4) is 0 Å². The van der Waals surface area contributed by atoms with Crippen LogP contribution in [0, 0.1) is 0 Å². The van der Waals surface area contributed by atoms with Crippen LogP contribution >= 0.6 is 11.6 Å². The second-order valence-corrected chi connectivity index (χ2v) is 7.41. The number of rotatable bonds is 6. The van der Waals surface area contributed by atoms with Gasteiger partial charge in [0.2, 0.25) is 5.91 Å². The van der Waals surface area contributed by atoms with Gasteiger partial charge in [-0.25, -0.2) is 0 Å². The minimum atomic E-state index is -0.306. The maximum absolute atomic E-state index is 12.2. The minimum Gasteiger partial charge on any atom is -0.376 e. The molecule has 0 radical (unpaired) electrons. The van der Waals surface area contributed by atoms with E-state index < -0.39 is 0 Å². The number of hydrogen-bond donors (Lipinski definition) is 3. The summed E-state index contributed by atoms with van der Waals surface area (Å²) in [5.74, 6) is -0.307. The molecule has 3 N–H and O–H groups in total. The summed E-state index contributed by atoms with van der Waals surface area (Å²) in [4.78, 5) is 24.2. The van der Waals surface area contributed by atoms with E-state index in [2.05, 4.69) is 16.0 Å². The molecule has 138 valence electrons. The summed E-state index contributed by atoms with van der Waals surface area (Å²) in [6.45, 7) is 6.26. The van der Waals surface area contributed by atoms with Crippen LogP contribution < -0.4 is 16.0 Å². The highest BCUT2D eigenvalue weighted by Gasteiger charge is 2.15. The van der Waals surface area contributed by atoms with Gasteiger partial charge in [0.1, 0.15) is 0 Å². The van der Waals surface area contributed by atoms with Crippen LogP contribution in [-0.2, 0) is 11.3 Å². The van der Waals surface area contributed by atoms with Crippen molar-refractivity contribution in [2.45, 2.75) is 32.9 Å². The fourth-order valence-corrected chi connectivity index (χ4v) is 2.47. The maximum atomic E-state index is 12.2. The van der Waals surface area contributed by atoms with Crippen LogP contribution in [0.1, 0.15) is 36.7 Å². The van der Waals surface area contributed by atoms with Gasteiger partial charge in [0.05, 0.1) is 6.54 Å². The fraction of sp³-hybridized carbons (Fsp3) is 0.300. The lowest BCUT2D eigenvalue weighted by Crippen LogP contribution is -2.40. The van der Waals surface area contributed by atoms with Gasteiger partial charge in [-0.05, 0) is 50.6 Å². The molecular formula is C20H24ClN3O2. The summed E-state index contributed by atoms with van der Waals surface area (Å²) in [6, 6.07) is 14.4. The van der Waals surface area contributed by atoms with Gasteiger partial charge in [0.15, 0.2) is 0 Å². The number of benzene rings is 2. The van der Waals surface area contributed by atoms with Gasteiger partial charge in [-0.2, -0.15) is 0 Å². The molecule has 2 aromatic rings. The van der Waals surface area contributed by atoms with E-state index in [0.717, 1.165) is 5.56 Å². The zero-order valence-corrected chi connectivity index (χ0v) is 16.0. The summed E-state index contributed by atoms with van der Waals surface area (Å²) in [5, 5.41) is 9.38. The smallest absolute Gasteiger partial charge is 0.251 e. The largest absolute Gasteiger partial charge is 0.376 e. The Morgan fingerprint density at radius 1 is 1.04 bits per heavy atom. The topological polar surface area (TPSA) is 70.2 Å². The molecule has 0 aromatic heterocycles. The molecule has 0 unspecified atom stereocenters. The van der Waals surface area contributed by atoms with Crippen LogP contribution in [0.25, 0.3) is 0 Å². The van der Waals surface area contributed by atoms with Crippen molar-refractivity contribution in [3.63, 3.8) is 0 Å². The summed E-state index contributed by atoms with van der Waals surface area (Å²) in [5.41, 5.74) is 1.81. The first-order valence-corrected chi connectivity index (χ1v) is 8.79. The standard InChI is InChI=1S/C20H24ClN3O2/c1-20(2,3)24-19(26)14-8-6-9-16(11-14)22-13-18(25)23-12-15-7-4-5-10-17(15)21/h4-11,22H,12-13H2,1-3H3,(H,23,25)(H,24,26). The molecule has 0 aliphatic rings. The molecule has 2 rings (SSSR count). The molecular weight excluding hydrogens is 350 g/mol. The van der Waals surface area contributed by atoms with Gasteiger partial charge >= 0.3 is 0 Å². The zero-order chi connectivity index (χ0) is 19.2. The number of hydrogen-bond acceptors (Lipinski definition) is 3. The zero-order valence-electron chi connectivity index (χ0n) is 15.2. The number of anilines is 1. The fourth-order valence-electron chi connectivity index (χ4n) is 2.26. The lowest BCUT2D eigenvalue weighted by atomic mass is 10.1. The minimum absolute atomic E-state index is 0.106. The van der Waals surface area contributed by atoms with Crippen molar-refractivity contribution >= 4 is 29.1 Å². The first kappa shape index (κ1) is 19.8. The Morgan fingerprint density at radius 3 is 2.46 bits per heavy atom. The van der Waals surface area contributed by atoms with E-state index >= 15 is 0 Å². The highest BCUT2D eigenvalue weighted by atomic mass is 35.5. The first-order chi connectivity index (χ1) is 12.2. The normalized spacial score (nSPS) is 10.9. The van der Waals surface area contributed by atoms with E-state index in [1.807, 2.05) is 45.0 Å². The molecule has 0 atom stereocenters. The Balaban J connectivity index is 1.87. The molecule has 0 aliphatic carbocycles. The molecule has 0 saturated carbocycles. The van der Waals surface area contributed by atoms with Gasteiger partial charge in [0, 0.05) is 28.4 Å². The van der Waals surface area contributed by atoms with Crippen LogP contribution in [0.5, 0.6) is 0 Å². The molecule has 0 heterocycles. The third kappa shape index (κ3) is 6.41. The molecule has 5 nitrogen and oxygen atoms in total. The molecule has 0 spiro atoms.